The Labute approximate surface area is 279 Å². The molecule has 3 rings (SSSR count). The van der Waals surface area contributed by atoms with Crippen LogP contribution in [0.3, 0.4) is 0 Å². The van der Waals surface area contributed by atoms with E-state index in [4.69, 9.17) is 4.74 Å². The zero-order chi connectivity index (χ0) is 31.2. The third-order valence-corrected chi connectivity index (χ3v) is 5.49. The molecule has 2 aromatic carbocycles. The summed E-state index contributed by atoms with van der Waals surface area (Å²) in [5.74, 6) is 0. The Hall–Kier alpha value is -1.52. The van der Waals surface area contributed by atoms with Gasteiger partial charge in [0.25, 0.3) is 0 Å². The van der Waals surface area contributed by atoms with Crippen molar-refractivity contribution < 1.29 is 30.9 Å². The van der Waals surface area contributed by atoms with Crippen molar-refractivity contribution in [2.24, 2.45) is 21.7 Å². The van der Waals surface area contributed by atoms with E-state index in [0.29, 0.717) is 0 Å². The van der Waals surface area contributed by atoms with Crippen molar-refractivity contribution in [1.82, 2.24) is 0 Å². The van der Waals surface area contributed by atoms with Crippen LogP contribution in [0.25, 0.3) is 21.3 Å². The van der Waals surface area contributed by atoms with Crippen molar-refractivity contribution in [3.8, 4) is 0 Å². The van der Waals surface area contributed by atoms with Crippen LogP contribution < -0.4 is 0 Å². The van der Waals surface area contributed by atoms with Crippen LogP contribution in [0.5, 0.6) is 0 Å². The second-order valence-electron chi connectivity index (χ2n) is 15.8. The van der Waals surface area contributed by atoms with Gasteiger partial charge in [-0.3, -0.25) is 0 Å². The summed E-state index contributed by atoms with van der Waals surface area (Å²) < 4.78 is 4.94. The SMILES string of the molecule is C1CCOC1.CC(C)(C)C[N-]c1ccccc1[N-]CC(C)(C)C.CC(C)(C)C[N-]c1ccccc1[N-]CC(C)(C)C.[Zr+4]. The normalized spacial score (nSPS) is 13.4. The van der Waals surface area contributed by atoms with E-state index in [-0.39, 0.29) is 47.9 Å². The maximum atomic E-state index is 4.94. The number of ether oxygens (including phenoxy) is 1. The van der Waals surface area contributed by atoms with Gasteiger partial charge in [0.05, 0.1) is 0 Å². The number of hydrogen-bond acceptors (Lipinski definition) is 1. The van der Waals surface area contributed by atoms with Gasteiger partial charge in [-0.1, -0.05) is 153 Å². The first-order chi connectivity index (χ1) is 18.8. The van der Waals surface area contributed by atoms with Gasteiger partial charge in [-0.15, -0.1) is 26.2 Å². The molecule has 2 aromatic rings. The number of benzene rings is 2. The number of rotatable bonds is 8. The minimum atomic E-state index is 0. The fourth-order valence-corrected chi connectivity index (χ4v) is 3.26. The summed E-state index contributed by atoms with van der Waals surface area (Å²) in [5, 5.41) is 18.7. The van der Waals surface area contributed by atoms with E-state index in [1.165, 1.54) is 12.8 Å². The molecule has 1 aliphatic rings. The minimum absolute atomic E-state index is 0. The summed E-state index contributed by atoms with van der Waals surface area (Å²) in [7, 11) is 0. The van der Waals surface area contributed by atoms with Crippen molar-refractivity contribution in [2.75, 3.05) is 39.4 Å². The van der Waals surface area contributed by atoms with Crippen LogP contribution in [0.2, 0.25) is 0 Å². The van der Waals surface area contributed by atoms with E-state index in [0.717, 1.165) is 62.1 Å². The quantitative estimate of drug-likeness (QED) is 0.279. The molecule has 234 valence electrons. The van der Waals surface area contributed by atoms with E-state index in [1.807, 2.05) is 48.5 Å². The van der Waals surface area contributed by atoms with E-state index >= 15 is 0 Å². The Kier molecular flexibility index (Phi) is 18.3. The third-order valence-electron chi connectivity index (χ3n) is 5.49. The molecular weight excluding hydrogens is 596 g/mol. The summed E-state index contributed by atoms with van der Waals surface area (Å²) in [6.07, 6.45) is 2.56. The topological polar surface area (TPSA) is 65.6 Å². The van der Waals surface area contributed by atoms with Gasteiger partial charge in [-0.2, -0.15) is 22.7 Å². The molecule has 0 amide bonds. The second kappa shape index (κ2) is 19.0. The Balaban J connectivity index is 0.000000670. The zero-order valence-corrected chi connectivity index (χ0v) is 31.4. The van der Waals surface area contributed by atoms with Crippen LogP contribution in [-0.2, 0) is 30.9 Å². The Morgan fingerprint density at radius 2 is 0.667 bits per heavy atom. The van der Waals surface area contributed by atoms with E-state index in [2.05, 4.69) is 104 Å². The first kappa shape index (κ1) is 40.5. The van der Waals surface area contributed by atoms with Crippen LogP contribution in [-0.4, -0.2) is 39.4 Å². The van der Waals surface area contributed by atoms with Crippen LogP contribution in [0.1, 0.15) is 95.9 Å². The fourth-order valence-electron chi connectivity index (χ4n) is 3.26. The van der Waals surface area contributed by atoms with Crippen LogP contribution in [0.4, 0.5) is 22.7 Å². The average molecular weight is 656 g/mol. The van der Waals surface area contributed by atoms with Gasteiger partial charge in [-0.25, -0.2) is 0 Å². The van der Waals surface area contributed by atoms with Gasteiger partial charge in [0.15, 0.2) is 0 Å². The van der Waals surface area contributed by atoms with Crippen LogP contribution >= 0.6 is 0 Å². The summed E-state index contributed by atoms with van der Waals surface area (Å²) in [4.78, 5) is 0. The van der Waals surface area contributed by atoms with E-state index < -0.39 is 0 Å². The molecule has 42 heavy (non-hydrogen) atoms. The van der Waals surface area contributed by atoms with Crippen molar-refractivity contribution in [1.29, 1.82) is 0 Å². The number of nitrogens with zero attached hydrogens (tertiary/aromatic N) is 4. The average Bonchev–Trinajstić information content (AvgIpc) is 3.44. The summed E-state index contributed by atoms with van der Waals surface area (Å²) >= 11 is 0. The molecule has 0 unspecified atom stereocenters. The molecule has 1 saturated heterocycles. The van der Waals surface area contributed by atoms with E-state index in [1.54, 1.807) is 0 Å². The number of para-hydroxylation sites is 4. The third kappa shape index (κ3) is 22.1. The predicted molar refractivity (Wildman–Crippen MR) is 182 cm³/mol. The Morgan fingerprint density at radius 1 is 0.452 bits per heavy atom. The number of hydrogen-bond donors (Lipinski definition) is 0. The first-order valence-corrected chi connectivity index (χ1v) is 15.3. The molecule has 0 radical (unpaired) electrons. The summed E-state index contributed by atoms with van der Waals surface area (Å²) in [6.45, 7) is 31.7. The molecule has 0 atom stereocenters. The van der Waals surface area contributed by atoms with Gasteiger partial charge in [0.2, 0.25) is 0 Å². The van der Waals surface area contributed by atoms with E-state index in [9.17, 15) is 0 Å². The van der Waals surface area contributed by atoms with Crippen molar-refractivity contribution >= 4 is 22.7 Å². The largest absolute Gasteiger partial charge is 4.00 e. The molecule has 5 nitrogen and oxygen atoms in total. The standard InChI is InChI=1S/2C16H26N2.C4H8O.Zr/c2*1-15(2,3)11-17-13-9-7-8-10-14(13)18-12-16(4,5)6;1-2-4-5-3-1;/h2*7-10H,11-12H2,1-6H3;1-4H2;/q2*-2;;+4. The molecule has 6 heteroatoms. The van der Waals surface area contributed by atoms with Gasteiger partial charge < -0.3 is 26.0 Å². The molecule has 0 bridgehead atoms. The molecule has 1 heterocycles. The Morgan fingerprint density at radius 3 is 0.810 bits per heavy atom. The molecule has 0 N–H and O–H groups in total. The monoisotopic (exact) mass is 654 g/mol. The Bertz CT molecular complexity index is 820. The van der Waals surface area contributed by atoms with Crippen LogP contribution in [0.15, 0.2) is 48.5 Å². The summed E-state index contributed by atoms with van der Waals surface area (Å²) in [5.41, 5.74) is 4.92. The predicted octanol–water partition coefficient (Wildman–Crippen LogP) is 12.4. The van der Waals surface area contributed by atoms with Gasteiger partial charge >= 0.3 is 26.2 Å². The van der Waals surface area contributed by atoms with Crippen molar-refractivity contribution in [3.63, 3.8) is 0 Å². The molecule has 0 spiro atoms. The van der Waals surface area contributed by atoms with Crippen molar-refractivity contribution in [3.05, 3.63) is 69.8 Å². The zero-order valence-electron chi connectivity index (χ0n) is 29.0. The van der Waals surface area contributed by atoms with Crippen molar-refractivity contribution in [2.45, 2.75) is 95.9 Å². The molecule has 1 aliphatic heterocycles. The van der Waals surface area contributed by atoms with Gasteiger partial charge in [0.1, 0.15) is 0 Å². The maximum absolute atomic E-state index is 4.94. The second-order valence-corrected chi connectivity index (χ2v) is 15.8. The van der Waals surface area contributed by atoms with Crippen LogP contribution in [0, 0.1) is 21.7 Å². The summed E-state index contributed by atoms with van der Waals surface area (Å²) in [6, 6.07) is 16.3. The first-order valence-electron chi connectivity index (χ1n) is 15.3. The fraction of sp³-hybridized carbons (Fsp3) is 0.667. The maximum Gasteiger partial charge on any atom is 4.00 e. The molecule has 1 fully saturated rings. The van der Waals surface area contributed by atoms with Gasteiger partial charge in [-0.05, 0) is 12.8 Å². The molecule has 0 aromatic heterocycles. The molecular formula is C36H60N4OZr. The minimum Gasteiger partial charge on any atom is -0.685 e. The smallest absolute Gasteiger partial charge is 0.685 e. The van der Waals surface area contributed by atoms with Gasteiger partial charge in [0, 0.05) is 13.2 Å². The molecule has 0 saturated carbocycles. The molecule has 0 aliphatic carbocycles.